The van der Waals surface area contributed by atoms with E-state index in [0.717, 1.165) is 5.56 Å². The average molecular weight is 268 g/mol. The zero-order chi connectivity index (χ0) is 13.9. The highest BCUT2D eigenvalue weighted by Crippen LogP contribution is 2.21. The SMILES string of the molecule is C/C(C(=O)O)=C(\C)C(=O)Nc1cc(Cl)ccc1C. The minimum atomic E-state index is -1.11. The Morgan fingerprint density at radius 2 is 1.83 bits per heavy atom. The van der Waals surface area contributed by atoms with E-state index in [-0.39, 0.29) is 11.1 Å². The predicted octanol–water partition coefficient (Wildman–Crippen LogP) is 3.01. The molecule has 18 heavy (non-hydrogen) atoms. The first-order chi connectivity index (χ1) is 8.32. The Morgan fingerprint density at radius 1 is 1.22 bits per heavy atom. The number of hydrogen-bond acceptors (Lipinski definition) is 2. The van der Waals surface area contributed by atoms with Crippen LogP contribution in [0.2, 0.25) is 5.02 Å². The Balaban J connectivity index is 2.98. The summed E-state index contributed by atoms with van der Waals surface area (Å²) in [5.41, 5.74) is 1.62. The number of carbonyl (C=O) groups excluding carboxylic acids is 1. The van der Waals surface area contributed by atoms with E-state index in [2.05, 4.69) is 5.32 Å². The van der Waals surface area contributed by atoms with Crippen LogP contribution in [0.3, 0.4) is 0 Å². The number of benzene rings is 1. The van der Waals surface area contributed by atoms with Crippen molar-refractivity contribution in [3.63, 3.8) is 0 Å². The summed E-state index contributed by atoms with van der Waals surface area (Å²) in [5.74, 6) is -1.55. The van der Waals surface area contributed by atoms with E-state index >= 15 is 0 Å². The summed E-state index contributed by atoms with van der Waals surface area (Å²) in [4.78, 5) is 22.6. The monoisotopic (exact) mass is 267 g/mol. The molecule has 0 atom stereocenters. The van der Waals surface area contributed by atoms with Crippen LogP contribution in [0.1, 0.15) is 19.4 Å². The Morgan fingerprint density at radius 3 is 2.39 bits per heavy atom. The lowest BCUT2D eigenvalue weighted by molar-refractivity contribution is -0.133. The van der Waals surface area contributed by atoms with Crippen molar-refractivity contribution in [3.8, 4) is 0 Å². The second-order valence-corrected chi connectivity index (χ2v) is 4.40. The number of amides is 1. The van der Waals surface area contributed by atoms with Gasteiger partial charge >= 0.3 is 5.97 Å². The molecule has 5 heteroatoms. The maximum absolute atomic E-state index is 11.8. The maximum atomic E-state index is 11.8. The van der Waals surface area contributed by atoms with Gasteiger partial charge in [-0.05, 0) is 38.5 Å². The molecule has 0 saturated heterocycles. The molecule has 0 aromatic heterocycles. The first-order valence-corrected chi connectivity index (χ1v) is 5.69. The number of anilines is 1. The molecule has 0 aliphatic heterocycles. The third-order valence-electron chi connectivity index (χ3n) is 2.67. The molecule has 0 aliphatic rings. The Labute approximate surface area is 110 Å². The van der Waals surface area contributed by atoms with Crippen molar-refractivity contribution in [2.45, 2.75) is 20.8 Å². The molecule has 2 N–H and O–H groups in total. The van der Waals surface area contributed by atoms with Crippen LogP contribution in [0.15, 0.2) is 29.3 Å². The van der Waals surface area contributed by atoms with Gasteiger partial charge in [-0.25, -0.2) is 4.79 Å². The van der Waals surface area contributed by atoms with Crippen LogP contribution < -0.4 is 5.32 Å². The Hall–Kier alpha value is -1.81. The summed E-state index contributed by atoms with van der Waals surface area (Å²) in [5, 5.41) is 12.0. The van der Waals surface area contributed by atoms with Crippen molar-refractivity contribution in [1.29, 1.82) is 0 Å². The molecule has 0 saturated carbocycles. The van der Waals surface area contributed by atoms with Gasteiger partial charge < -0.3 is 10.4 Å². The first-order valence-electron chi connectivity index (χ1n) is 5.31. The highest BCUT2D eigenvalue weighted by molar-refractivity contribution is 6.31. The number of hydrogen-bond donors (Lipinski definition) is 2. The molecule has 1 aromatic rings. The summed E-state index contributed by atoms with van der Waals surface area (Å²) in [7, 11) is 0. The summed E-state index contributed by atoms with van der Waals surface area (Å²) in [6.07, 6.45) is 0. The third kappa shape index (κ3) is 3.34. The molecule has 1 amide bonds. The van der Waals surface area contributed by atoms with Gasteiger partial charge in [0.25, 0.3) is 5.91 Å². The lowest BCUT2D eigenvalue weighted by Crippen LogP contribution is -2.16. The van der Waals surface area contributed by atoms with Gasteiger partial charge in [0.2, 0.25) is 0 Å². The van der Waals surface area contributed by atoms with E-state index in [1.54, 1.807) is 18.2 Å². The van der Waals surface area contributed by atoms with E-state index in [9.17, 15) is 9.59 Å². The topological polar surface area (TPSA) is 66.4 Å². The van der Waals surface area contributed by atoms with E-state index in [1.165, 1.54) is 13.8 Å². The van der Waals surface area contributed by atoms with Crippen LogP contribution in [0.25, 0.3) is 0 Å². The largest absolute Gasteiger partial charge is 0.478 e. The van der Waals surface area contributed by atoms with Gasteiger partial charge in [0.1, 0.15) is 0 Å². The van der Waals surface area contributed by atoms with Crippen molar-refractivity contribution in [1.82, 2.24) is 0 Å². The molecule has 1 rings (SSSR count). The first kappa shape index (κ1) is 14.3. The molecule has 0 fully saturated rings. The number of aliphatic carboxylic acids is 1. The van der Waals surface area contributed by atoms with Crippen LogP contribution in [0, 0.1) is 6.92 Å². The zero-order valence-electron chi connectivity index (χ0n) is 10.4. The molecule has 0 heterocycles. The summed E-state index contributed by atoms with van der Waals surface area (Å²) < 4.78 is 0. The lowest BCUT2D eigenvalue weighted by Gasteiger charge is -2.10. The predicted molar refractivity (Wildman–Crippen MR) is 70.8 cm³/mol. The molecule has 0 spiro atoms. The van der Waals surface area contributed by atoms with Crippen molar-refractivity contribution < 1.29 is 14.7 Å². The Bertz CT molecular complexity index is 535. The number of carboxylic acids is 1. The summed E-state index contributed by atoms with van der Waals surface area (Å²) in [6.45, 7) is 4.69. The number of carboxylic acid groups (broad SMARTS) is 1. The molecular weight excluding hydrogens is 254 g/mol. The minimum absolute atomic E-state index is 0.0205. The van der Waals surface area contributed by atoms with Crippen LogP contribution in [-0.4, -0.2) is 17.0 Å². The van der Waals surface area contributed by atoms with Crippen molar-refractivity contribution >= 4 is 29.2 Å². The average Bonchev–Trinajstić information content (AvgIpc) is 2.31. The fourth-order valence-corrected chi connectivity index (χ4v) is 1.45. The molecule has 96 valence electrons. The van der Waals surface area contributed by atoms with Crippen LogP contribution >= 0.6 is 11.6 Å². The van der Waals surface area contributed by atoms with Gasteiger partial charge in [-0.3, -0.25) is 4.79 Å². The maximum Gasteiger partial charge on any atom is 0.331 e. The van der Waals surface area contributed by atoms with Crippen molar-refractivity contribution in [2.75, 3.05) is 5.32 Å². The lowest BCUT2D eigenvalue weighted by atomic mass is 10.1. The molecule has 4 nitrogen and oxygen atoms in total. The van der Waals surface area contributed by atoms with Crippen LogP contribution in [-0.2, 0) is 9.59 Å². The summed E-state index contributed by atoms with van der Waals surface area (Å²) >= 11 is 5.84. The number of rotatable bonds is 3. The normalized spacial score (nSPS) is 11.8. The summed E-state index contributed by atoms with van der Waals surface area (Å²) in [6, 6.07) is 5.12. The van der Waals surface area contributed by atoms with Gasteiger partial charge in [-0.2, -0.15) is 0 Å². The van der Waals surface area contributed by atoms with Crippen LogP contribution in [0.4, 0.5) is 5.69 Å². The van der Waals surface area contributed by atoms with Crippen molar-refractivity contribution in [3.05, 3.63) is 39.9 Å². The van der Waals surface area contributed by atoms with E-state index in [1.807, 2.05) is 6.92 Å². The molecule has 0 radical (unpaired) electrons. The van der Waals surface area contributed by atoms with Gasteiger partial charge in [-0.1, -0.05) is 17.7 Å². The molecule has 0 aliphatic carbocycles. The number of carbonyl (C=O) groups is 2. The second kappa shape index (κ2) is 5.69. The quantitative estimate of drug-likeness (QED) is 0.828. The second-order valence-electron chi connectivity index (χ2n) is 3.97. The van der Waals surface area contributed by atoms with Gasteiger partial charge in [-0.15, -0.1) is 0 Å². The number of aryl methyl sites for hydroxylation is 1. The zero-order valence-corrected chi connectivity index (χ0v) is 11.1. The fourth-order valence-electron chi connectivity index (χ4n) is 1.28. The van der Waals surface area contributed by atoms with E-state index in [4.69, 9.17) is 16.7 Å². The number of halogens is 1. The highest BCUT2D eigenvalue weighted by atomic mass is 35.5. The smallest absolute Gasteiger partial charge is 0.331 e. The molecular formula is C13H14ClNO3. The Kier molecular flexibility index (Phi) is 4.50. The number of nitrogens with one attached hydrogen (secondary N) is 1. The van der Waals surface area contributed by atoms with Gasteiger partial charge in [0, 0.05) is 21.9 Å². The van der Waals surface area contributed by atoms with E-state index in [0.29, 0.717) is 10.7 Å². The minimum Gasteiger partial charge on any atom is -0.478 e. The van der Waals surface area contributed by atoms with Crippen LogP contribution in [0.5, 0.6) is 0 Å². The molecule has 1 aromatic carbocycles. The molecule has 0 bridgehead atoms. The van der Waals surface area contributed by atoms with E-state index < -0.39 is 11.9 Å². The van der Waals surface area contributed by atoms with Gasteiger partial charge in [0.05, 0.1) is 0 Å². The third-order valence-corrected chi connectivity index (χ3v) is 2.91. The highest BCUT2D eigenvalue weighted by Gasteiger charge is 2.13. The fraction of sp³-hybridized carbons (Fsp3) is 0.231. The standard InChI is InChI=1S/C13H14ClNO3/c1-7-4-5-10(14)6-11(7)15-12(16)8(2)9(3)13(17)18/h4-6H,1-3H3,(H,15,16)(H,17,18)/b9-8-. The molecule has 0 unspecified atom stereocenters. The van der Waals surface area contributed by atoms with Gasteiger partial charge in [0.15, 0.2) is 0 Å². The van der Waals surface area contributed by atoms with Crippen molar-refractivity contribution in [2.24, 2.45) is 0 Å².